The number of furan rings is 1. The average molecular weight is 434 g/mol. The van der Waals surface area contributed by atoms with Crippen LogP contribution in [0, 0.1) is 6.92 Å². The van der Waals surface area contributed by atoms with Crippen molar-refractivity contribution in [2.45, 2.75) is 24.7 Å². The summed E-state index contributed by atoms with van der Waals surface area (Å²) in [6, 6.07) is 10.1. The lowest BCUT2D eigenvalue weighted by Gasteiger charge is -2.14. The van der Waals surface area contributed by atoms with Gasteiger partial charge in [-0.1, -0.05) is 11.6 Å². The molecule has 4 rings (SSSR count). The molecule has 1 aromatic carbocycles. The number of carbonyl (C=O) groups excluding carboxylic acids is 1. The average Bonchev–Trinajstić information content (AvgIpc) is 3.44. The van der Waals surface area contributed by atoms with Crippen LogP contribution in [0.4, 0.5) is 5.69 Å². The fourth-order valence-electron chi connectivity index (χ4n) is 3.40. The molecule has 1 amide bonds. The van der Waals surface area contributed by atoms with E-state index in [0.29, 0.717) is 29.5 Å². The molecule has 29 heavy (non-hydrogen) atoms. The molecule has 0 atom stereocenters. The minimum Gasteiger partial charge on any atom is -0.455 e. The van der Waals surface area contributed by atoms with Gasteiger partial charge >= 0.3 is 0 Å². The fraction of sp³-hybridized carbons (Fsp3) is 0.250. The molecule has 0 unspecified atom stereocenters. The normalized spacial score (nSPS) is 15.0. The molecular weight excluding hydrogens is 414 g/mol. The highest BCUT2D eigenvalue weighted by atomic mass is 35.5. The predicted octanol–water partition coefficient (Wildman–Crippen LogP) is 4.07. The number of sulfonamides is 1. The third-order valence-corrected chi connectivity index (χ3v) is 7.11. The van der Waals surface area contributed by atoms with E-state index < -0.39 is 15.9 Å². The van der Waals surface area contributed by atoms with Gasteiger partial charge in [0.25, 0.3) is 5.91 Å². The van der Waals surface area contributed by atoms with Gasteiger partial charge in [-0.15, -0.1) is 0 Å². The van der Waals surface area contributed by atoms with E-state index in [1.807, 2.05) is 29.1 Å². The molecule has 3 aromatic rings. The van der Waals surface area contributed by atoms with E-state index >= 15 is 0 Å². The van der Waals surface area contributed by atoms with Crippen LogP contribution in [0.5, 0.6) is 0 Å². The number of carbonyl (C=O) groups is 1. The van der Waals surface area contributed by atoms with Gasteiger partial charge in [0.15, 0.2) is 5.76 Å². The predicted molar refractivity (Wildman–Crippen MR) is 110 cm³/mol. The minimum atomic E-state index is -3.67. The molecule has 0 radical (unpaired) electrons. The van der Waals surface area contributed by atoms with E-state index in [4.69, 9.17) is 16.0 Å². The summed E-state index contributed by atoms with van der Waals surface area (Å²) in [5.41, 5.74) is 1.21. The van der Waals surface area contributed by atoms with Crippen molar-refractivity contribution < 1.29 is 17.6 Å². The lowest BCUT2D eigenvalue weighted by molar-refractivity contribution is 0.0995. The van der Waals surface area contributed by atoms with Crippen LogP contribution in [0.25, 0.3) is 5.69 Å². The fourth-order valence-corrected chi connectivity index (χ4v) is 5.25. The van der Waals surface area contributed by atoms with Gasteiger partial charge in [-0.3, -0.25) is 4.79 Å². The molecule has 2 aromatic heterocycles. The molecule has 0 aliphatic carbocycles. The first kappa shape index (κ1) is 19.8. The Morgan fingerprint density at radius 3 is 2.52 bits per heavy atom. The summed E-state index contributed by atoms with van der Waals surface area (Å²) in [4.78, 5) is 12.8. The molecule has 3 heterocycles. The van der Waals surface area contributed by atoms with Crippen molar-refractivity contribution >= 4 is 33.2 Å². The highest BCUT2D eigenvalue weighted by molar-refractivity contribution is 7.89. The number of benzene rings is 1. The molecule has 1 fully saturated rings. The van der Waals surface area contributed by atoms with Gasteiger partial charge in [-0.2, -0.15) is 4.31 Å². The van der Waals surface area contributed by atoms with E-state index in [9.17, 15) is 13.2 Å². The molecule has 1 aliphatic rings. The van der Waals surface area contributed by atoms with Gasteiger partial charge in [0.2, 0.25) is 10.0 Å². The number of anilines is 1. The zero-order valence-electron chi connectivity index (χ0n) is 15.8. The Morgan fingerprint density at radius 1 is 1.14 bits per heavy atom. The summed E-state index contributed by atoms with van der Waals surface area (Å²) in [5, 5.41) is 3.31. The third-order valence-electron chi connectivity index (χ3n) is 4.87. The summed E-state index contributed by atoms with van der Waals surface area (Å²) in [5.74, 6) is -0.399. The first-order valence-corrected chi connectivity index (χ1v) is 11.0. The Labute approximate surface area is 173 Å². The maximum Gasteiger partial charge on any atom is 0.291 e. The largest absolute Gasteiger partial charge is 0.455 e. The van der Waals surface area contributed by atoms with Crippen molar-refractivity contribution in [1.82, 2.24) is 8.87 Å². The Kier molecular flexibility index (Phi) is 5.24. The number of hydrogen-bond donors (Lipinski definition) is 1. The zero-order valence-corrected chi connectivity index (χ0v) is 17.3. The molecule has 0 saturated carbocycles. The number of amides is 1. The number of aromatic nitrogens is 1. The minimum absolute atomic E-state index is 0.0336. The van der Waals surface area contributed by atoms with Crippen molar-refractivity contribution in [2.24, 2.45) is 0 Å². The van der Waals surface area contributed by atoms with Crippen LogP contribution in [-0.2, 0) is 10.0 Å². The Balaban J connectivity index is 1.62. The lowest BCUT2D eigenvalue weighted by Crippen LogP contribution is -2.28. The van der Waals surface area contributed by atoms with Crippen LogP contribution < -0.4 is 5.32 Å². The molecule has 1 aliphatic heterocycles. The van der Waals surface area contributed by atoms with Crippen molar-refractivity contribution in [3.8, 4) is 5.69 Å². The summed E-state index contributed by atoms with van der Waals surface area (Å²) in [6.07, 6.45) is 5.34. The van der Waals surface area contributed by atoms with E-state index in [1.165, 1.54) is 10.4 Å². The van der Waals surface area contributed by atoms with E-state index in [1.54, 1.807) is 25.1 Å². The lowest BCUT2D eigenvalue weighted by atomic mass is 10.2. The highest BCUT2D eigenvalue weighted by Gasteiger charge is 2.31. The van der Waals surface area contributed by atoms with E-state index in [2.05, 4.69) is 5.32 Å². The Morgan fingerprint density at radius 2 is 1.83 bits per heavy atom. The van der Waals surface area contributed by atoms with E-state index in [-0.39, 0.29) is 16.4 Å². The number of rotatable bonds is 5. The standard InChI is InChI=1S/C20H20ClN3O4S/c1-14-19(29(26,27)24-10-4-5-11-24)13-18(28-14)20(25)22-16-7-6-15(21)12-17(16)23-8-2-3-9-23/h2-3,6-9,12-13H,4-5,10-11H2,1H3,(H,22,25). The Hall–Kier alpha value is -2.55. The van der Waals surface area contributed by atoms with Gasteiger partial charge in [0.1, 0.15) is 10.7 Å². The Bertz CT molecular complexity index is 1150. The van der Waals surface area contributed by atoms with Crippen LogP contribution in [0.3, 0.4) is 0 Å². The smallest absolute Gasteiger partial charge is 0.291 e. The van der Waals surface area contributed by atoms with Gasteiger partial charge in [-0.05, 0) is 50.1 Å². The molecule has 7 nitrogen and oxygen atoms in total. The van der Waals surface area contributed by atoms with Gasteiger partial charge in [-0.25, -0.2) is 8.42 Å². The molecule has 152 valence electrons. The first-order valence-electron chi connectivity index (χ1n) is 9.21. The van der Waals surface area contributed by atoms with Crippen molar-refractivity contribution in [1.29, 1.82) is 0 Å². The SMILES string of the molecule is Cc1oc(C(=O)Nc2ccc(Cl)cc2-n2cccc2)cc1S(=O)(=O)N1CCCC1. The van der Waals surface area contributed by atoms with Crippen LogP contribution in [-0.4, -0.2) is 36.3 Å². The van der Waals surface area contributed by atoms with Crippen molar-refractivity contribution in [3.63, 3.8) is 0 Å². The molecule has 1 saturated heterocycles. The quantitative estimate of drug-likeness (QED) is 0.657. The first-order chi connectivity index (χ1) is 13.9. The van der Waals surface area contributed by atoms with Crippen molar-refractivity contribution in [3.05, 3.63) is 65.3 Å². The second-order valence-corrected chi connectivity index (χ2v) is 9.19. The van der Waals surface area contributed by atoms with Crippen LogP contribution in [0.1, 0.15) is 29.2 Å². The maximum absolute atomic E-state index is 12.8. The summed E-state index contributed by atoms with van der Waals surface area (Å²) in [7, 11) is -3.67. The molecule has 0 spiro atoms. The zero-order chi connectivity index (χ0) is 20.6. The van der Waals surface area contributed by atoms with Gasteiger partial charge in [0, 0.05) is 36.6 Å². The number of hydrogen-bond acceptors (Lipinski definition) is 4. The monoisotopic (exact) mass is 433 g/mol. The number of aryl methyl sites for hydroxylation is 1. The molecule has 9 heteroatoms. The molecule has 0 bridgehead atoms. The van der Waals surface area contributed by atoms with E-state index in [0.717, 1.165) is 12.8 Å². The summed E-state index contributed by atoms with van der Waals surface area (Å²) in [6.45, 7) is 2.52. The number of nitrogens with one attached hydrogen (secondary N) is 1. The summed E-state index contributed by atoms with van der Waals surface area (Å²) < 4.78 is 34.4. The number of halogens is 1. The van der Waals surface area contributed by atoms with Gasteiger partial charge < -0.3 is 14.3 Å². The van der Waals surface area contributed by atoms with Crippen LogP contribution >= 0.6 is 11.6 Å². The topological polar surface area (TPSA) is 84.5 Å². The third kappa shape index (κ3) is 3.83. The van der Waals surface area contributed by atoms with Crippen LogP contribution in [0.15, 0.2) is 58.1 Å². The highest BCUT2D eigenvalue weighted by Crippen LogP contribution is 2.28. The number of nitrogens with zero attached hydrogens (tertiary/aromatic N) is 2. The van der Waals surface area contributed by atoms with Crippen LogP contribution in [0.2, 0.25) is 5.02 Å². The molecule has 1 N–H and O–H groups in total. The second-order valence-electron chi connectivity index (χ2n) is 6.85. The summed E-state index contributed by atoms with van der Waals surface area (Å²) >= 11 is 6.11. The second kappa shape index (κ2) is 7.70. The molecular formula is C20H20ClN3O4S. The maximum atomic E-state index is 12.8. The van der Waals surface area contributed by atoms with Gasteiger partial charge in [0.05, 0.1) is 11.4 Å². The van der Waals surface area contributed by atoms with Crippen molar-refractivity contribution in [2.75, 3.05) is 18.4 Å².